The third-order valence-electron chi connectivity index (χ3n) is 1.66. The SMILES string of the molecule is CN=C(N)NC(=O)Nc1ccc(F)c(F)c1. The molecule has 1 aromatic rings. The predicted molar refractivity (Wildman–Crippen MR) is 56.1 cm³/mol. The fraction of sp³-hybridized carbons (Fsp3) is 0.111. The first-order chi connectivity index (χ1) is 7.52. The number of amides is 2. The summed E-state index contributed by atoms with van der Waals surface area (Å²) < 4.78 is 25.3. The highest BCUT2D eigenvalue weighted by Crippen LogP contribution is 2.12. The van der Waals surface area contributed by atoms with Crippen molar-refractivity contribution in [3.8, 4) is 0 Å². The molecule has 0 bridgehead atoms. The van der Waals surface area contributed by atoms with Crippen LogP contribution in [0.1, 0.15) is 0 Å². The summed E-state index contributed by atoms with van der Waals surface area (Å²) in [5, 5.41) is 4.43. The van der Waals surface area contributed by atoms with Crippen molar-refractivity contribution in [2.45, 2.75) is 0 Å². The van der Waals surface area contributed by atoms with Crippen molar-refractivity contribution >= 4 is 17.7 Å². The molecule has 0 fully saturated rings. The van der Waals surface area contributed by atoms with E-state index in [1.165, 1.54) is 13.1 Å². The molecule has 0 aliphatic rings. The minimum absolute atomic E-state index is 0.0833. The molecule has 0 aliphatic heterocycles. The highest BCUT2D eigenvalue weighted by molar-refractivity contribution is 6.01. The number of hydrogen-bond acceptors (Lipinski definition) is 2. The monoisotopic (exact) mass is 228 g/mol. The minimum Gasteiger partial charge on any atom is -0.370 e. The second-order valence-electron chi connectivity index (χ2n) is 2.82. The van der Waals surface area contributed by atoms with Gasteiger partial charge in [-0.05, 0) is 12.1 Å². The number of nitrogens with one attached hydrogen (secondary N) is 2. The molecule has 0 atom stereocenters. The van der Waals surface area contributed by atoms with Crippen molar-refractivity contribution in [3.05, 3.63) is 29.8 Å². The molecule has 1 aromatic carbocycles. The number of guanidine groups is 1. The number of nitrogens with zero attached hydrogens (tertiary/aromatic N) is 1. The number of aliphatic imine (C=N–C) groups is 1. The zero-order valence-corrected chi connectivity index (χ0v) is 8.42. The average molecular weight is 228 g/mol. The van der Waals surface area contributed by atoms with Crippen LogP contribution in [0.4, 0.5) is 19.3 Å². The standard InChI is InChI=1S/C9H10F2N4O/c1-13-8(12)15-9(16)14-5-2-3-6(10)7(11)4-5/h2-4H,1H3,(H4,12,13,14,15,16). The Kier molecular flexibility index (Phi) is 3.76. The summed E-state index contributed by atoms with van der Waals surface area (Å²) in [4.78, 5) is 14.7. The van der Waals surface area contributed by atoms with Crippen LogP contribution in [0.5, 0.6) is 0 Å². The molecular weight excluding hydrogens is 218 g/mol. The highest BCUT2D eigenvalue weighted by atomic mass is 19.2. The summed E-state index contributed by atoms with van der Waals surface area (Å²) in [6.07, 6.45) is 0. The van der Waals surface area contributed by atoms with Crippen LogP contribution in [-0.4, -0.2) is 19.0 Å². The molecule has 0 aliphatic carbocycles. The Morgan fingerprint density at radius 1 is 1.38 bits per heavy atom. The van der Waals surface area contributed by atoms with Gasteiger partial charge in [-0.25, -0.2) is 13.6 Å². The second kappa shape index (κ2) is 5.06. The van der Waals surface area contributed by atoms with Crippen molar-refractivity contribution in [2.24, 2.45) is 10.7 Å². The van der Waals surface area contributed by atoms with Crippen LogP contribution in [0.2, 0.25) is 0 Å². The molecule has 0 unspecified atom stereocenters. The van der Waals surface area contributed by atoms with Crippen LogP contribution in [0, 0.1) is 11.6 Å². The largest absolute Gasteiger partial charge is 0.370 e. The Morgan fingerprint density at radius 2 is 2.06 bits per heavy atom. The summed E-state index contributed by atoms with van der Waals surface area (Å²) in [7, 11) is 1.40. The van der Waals surface area contributed by atoms with Crippen molar-refractivity contribution in [1.82, 2.24) is 5.32 Å². The first-order valence-electron chi connectivity index (χ1n) is 4.28. The molecule has 0 aromatic heterocycles. The number of halogens is 2. The normalized spacial score (nSPS) is 11.1. The summed E-state index contributed by atoms with van der Waals surface area (Å²) >= 11 is 0. The van der Waals surface area contributed by atoms with Crippen LogP contribution in [0.25, 0.3) is 0 Å². The van der Waals surface area contributed by atoms with Gasteiger partial charge in [0.2, 0.25) is 0 Å². The number of rotatable bonds is 1. The summed E-state index contributed by atoms with van der Waals surface area (Å²) in [5.74, 6) is -2.12. The molecule has 86 valence electrons. The number of urea groups is 1. The number of nitrogens with two attached hydrogens (primary N) is 1. The zero-order chi connectivity index (χ0) is 12.1. The maximum Gasteiger partial charge on any atom is 0.325 e. The molecule has 0 radical (unpaired) electrons. The average Bonchev–Trinajstić information content (AvgIpc) is 2.23. The van der Waals surface area contributed by atoms with Gasteiger partial charge in [0.25, 0.3) is 0 Å². The lowest BCUT2D eigenvalue weighted by Gasteiger charge is -2.06. The van der Waals surface area contributed by atoms with E-state index >= 15 is 0 Å². The van der Waals surface area contributed by atoms with Crippen molar-refractivity contribution < 1.29 is 13.6 Å². The molecule has 7 heteroatoms. The minimum atomic E-state index is -1.05. The molecule has 2 amide bonds. The molecule has 4 N–H and O–H groups in total. The van der Waals surface area contributed by atoms with Crippen LogP contribution in [0.3, 0.4) is 0 Å². The van der Waals surface area contributed by atoms with Gasteiger partial charge in [0.1, 0.15) is 0 Å². The van der Waals surface area contributed by atoms with Gasteiger partial charge < -0.3 is 11.1 Å². The lowest BCUT2D eigenvalue weighted by molar-refractivity contribution is 0.256. The van der Waals surface area contributed by atoms with E-state index in [1.54, 1.807) is 0 Å². The Hall–Kier alpha value is -2.18. The lowest BCUT2D eigenvalue weighted by atomic mass is 10.3. The van der Waals surface area contributed by atoms with Gasteiger partial charge in [-0.3, -0.25) is 10.3 Å². The van der Waals surface area contributed by atoms with Crippen LogP contribution < -0.4 is 16.4 Å². The van der Waals surface area contributed by atoms with Crippen molar-refractivity contribution in [3.63, 3.8) is 0 Å². The molecule has 0 heterocycles. The fourth-order valence-electron chi connectivity index (χ4n) is 0.908. The number of carbonyl (C=O) groups excluding carboxylic acids is 1. The number of carbonyl (C=O) groups is 1. The van der Waals surface area contributed by atoms with E-state index in [0.29, 0.717) is 0 Å². The maximum absolute atomic E-state index is 12.8. The van der Waals surface area contributed by atoms with E-state index < -0.39 is 17.7 Å². The van der Waals surface area contributed by atoms with Gasteiger partial charge in [0.05, 0.1) is 0 Å². The first-order valence-corrected chi connectivity index (χ1v) is 4.28. The summed E-state index contributed by atoms with van der Waals surface area (Å²) in [5.41, 5.74) is 5.34. The van der Waals surface area contributed by atoms with E-state index in [0.717, 1.165) is 12.1 Å². The van der Waals surface area contributed by atoms with Crippen LogP contribution in [-0.2, 0) is 0 Å². The van der Waals surface area contributed by atoms with Gasteiger partial charge in [-0.15, -0.1) is 0 Å². The number of anilines is 1. The molecule has 0 spiro atoms. The van der Waals surface area contributed by atoms with Crippen molar-refractivity contribution in [2.75, 3.05) is 12.4 Å². The van der Waals surface area contributed by atoms with Gasteiger partial charge in [0.15, 0.2) is 17.6 Å². The molecule has 0 saturated carbocycles. The molecule has 1 rings (SSSR count). The molecular formula is C9H10F2N4O. The van der Waals surface area contributed by atoms with Crippen molar-refractivity contribution in [1.29, 1.82) is 0 Å². The predicted octanol–water partition coefficient (Wildman–Crippen LogP) is 1.03. The van der Waals surface area contributed by atoms with Gasteiger partial charge in [0, 0.05) is 18.8 Å². The summed E-state index contributed by atoms with van der Waals surface area (Å²) in [6, 6.07) is 2.29. The fourth-order valence-corrected chi connectivity index (χ4v) is 0.908. The van der Waals surface area contributed by atoms with Gasteiger partial charge in [-0.1, -0.05) is 0 Å². The topological polar surface area (TPSA) is 79.5 Å². The molecule has 5 nitrogen and oxygen atoms in total. The third kappa shape index (κ3) is 3.19. The van der Waals surface area contributed by atoms with E-state index in [4.69, 9.17) is 5.73 Å². The zero-order valence-electron chi connectivity index (χ0n) is 8.42. The van der Waals surface area contributed by atoms with E-state index in [1.807, 2.05) is 0 Å². The second-order valence-corrected chi connectivity index (χ2v) is 2.82. The third-order valence-corrected chi connectivity index (χ3v) is 1.66. The Balaban J connectivity index is 2.66. The van der Waals surface area contributed by atoms with Crippen LogP contribution in [0.15, 0.2) is 23.2 Å². The molecule has 16 heavy (non-hydrogen) atoms. The maximum atomic E-state index is 12.8. The van der Waals surface area contributed by atoms with E-state index in [9.17, 15) is 13.6 Å². The Morgan fingerprint density at radius 3 is 2.62 bits per heavy atom. The molecule has 0 saturated heterocycles. The van der Waals surface area contributed by atoms with E-state index in [-0.39, 0.29) is 11.6 Å². The number of benzene rings is 1. The Labute approximate surface area is 90.4 Å². The summed E-state index contributed by atoms with van der Waals surface area (Å²) in [6.45, 7) is 0. The smallest absolute Gasteiger partial charge is 0.325 e. The van der Waals surface area contributed by atoms with Crippen LogP contribution >= 0.6 is 0 Å². The van der Waals surface area contributed by atoms with Gasteiger partial charge in [-0.2, -0.15) is 0 Å². The highest BCUT2D eigenvalue weighted by Gasteiger charge is 2.06. The lowest BCUT2D eigenvalue weighted by Crippen LogP contribution is -2.39. The quantitative estimate of drug-likeness (QED) is 0.495. The first kappa shape index (κ1) is 11.9. The van der Waals surface area contributed by atoms with Gasteiger partial charge >= 0.3 is 6.03 Å². The number of hydrogen-bond donors (Lipinski definition) is 3. The Bertz CT molecular complexity index is 434. The van der Waals surface area contributed by atoms with E-state index in [2.05, 4.69) is 15.6 Å².